The van der Waals surface area contributed by atoms with E-state index < -0.39 is 18.0 Å². The number of methoxy groups -OCH3 is 2. The van der Waals surface area contributed by atoms with Crippen LogP contribution in [0.4, 0.5) is 5.69 Å². The van der Waals surface area contributed by atoms with E-state index in [0.717, 1.165) is 11.1 Å². The van der Waals surface area contributed by atoms with Crippen LogP contribution in [0.3, 0.4) is 0 Å². The first-order valence-electron chi connectivity index (χ1n) is 8.21. The Kier molecular flexibility index (Phi) is 6.60. The largest absolute Gasteiger partial charge is 0.497 e. The van der Waals surface area contributed by atoms with Gasteiger partial charge in [0.05, 0.1) is 26.3 Å². The molecule has 2 rings (SSSR count). The van der Waals surface area contributed by atoms with E-state index in [-0.39, 0.29) is 6.42 Å². The fraction of sp³-hybridized carbons (Fsp3) is 0.300. The second-order valence-electron chi connectivity index (χ2n) is 5.79. The third-order valence-corrected chi connectivity index (χ3v) is 3.94. The number of benzene rings is 2. The first-order valence-corrected chi connectivity index (χ1v) is 8.21. The molecule has 2 aromatic carbocycles. The Balaban J connectivity index is 1.99. The van der Waals surface area contributed by atoms with Crippen molar-refractivity contribution in [3.8, 4) is 11.5 Å². The summed E-state index contributed by atoms with van der Waals surface area (Å²) in [4.78, 5) is 24.5. The minimum absolute atomic E-state index is 0.118. The number of carbonyl (C=O) groups is 2. The topological polar surface area (TPSA) is 73.9 Å². The molecule has 6 nitrogen and oxygen atoms in total. The van der Waals surface area contributed by atoms with Crippen LogP contribution in [0.15, 0.2) is 42.5 Å². The zero-order valence-electron chi connectivity index (χ0n) is 15.4. The van der Waals surface area contributed by atoms with Crippen LogP contribution in [0.5, 0.6) is 11.5 Å². The second-order valence-corrected chi connectivity index (χ2v) is 5.79. The third-order valence-electron chi connectivity index (χ3n) is 3.94. The number of hydrogen-bond acceptors (Lipinski definition) is 5. The molecule has 0 aliphatic rings. The molecule has 138 valence electrons. The quantitative estimate of drug-likeness (QED) is 0.771. The molecule has 0 aliphatic heterocycles. The van der Waals surface area contributed by atoms with Crippen molar-refractivity contribution in [2.45, 2.75) is 26.4 Å². The number of carbonyl (C=O) groups excluding carboxylic acids is 2. The zero-order chi connectivity index (χ0) is 19.1. The van der Waals surface area contributed by atoms with E-state index >= 15 is 0 Å². The summed E-state index contributed by atoms with van der Waals surface area (Å²) in [6, 6.07) is 12.6. The molecule has 0 bridgehead atoms. The Bertz CT molecular complexity index is 788. The molecular weight excluding hydrogens is 334 g/mol. The molecule has 26 heavy (non-hydrogen) atoms. The Morgan fingerprint density at radius 3 is 2.46 bits per heavy atom. The predicted molar refractivity (Wildman–Crippen MR) is 98.6 cm³/mol. The van der Waals surface area contributed by atoms with Crippen LogP contribution < -0.4 is 14.8 Å². The number of ether oxygens (including phenoxy) is 3. The molecule has 0 fully saturated rings. The Morgan fingerprint density at radius 2 is 1.81 bits per heavy atom. The average Bonchev–Trinajstić information content (AvgIpc) is 2.63. The number of amides is 1. The van der Waals surface area contributed by atoms with Gasteiger partial charge in [0.15, 0.2) is 6.10 Å². The highest BCUT2D eigenvalue weighted by molar-refractivity contribution is 5.96. The molecule has 0 aromatic heterocycles. The van der Waals surface area contributed by atoms with Gasteiger partial charge < -0.3 is 19.5 Å². The average molecular weight is 357 g/mol. The summed E-state index contributed by atoms with van der Waals surface area (Å²) in [6.07, 6.45) is -0.824. The maximum atomic E-state index is 12.4. The predicted octanol–water partition coefficient (Wildman–Crippen LogP) is 3.13. The Morgan fingerprint density at radius 1 is 1.08 bits per heavy atom. The summed E-state index contributed by atoms with van der Waals surface area (Å²) < 4.78 is 15.6. The van der Waals surface area contributed by atoms with Gasteiger partial charge in [0.2, 0.25) is 0 Å². The molecule has 1 N–H and O–H groups in total. The smallest absolute Gasteiger partial charge is 0.311 e. The molecule has 1 amide bonds. The molecule has 0 heterocycles. The Labute approximate surface area is 153 Å². The van der Waals surface area contributed by atoms with Crippen molar-refractivity contribution in [3.05, 3.63) is 53.6 Å². The normalized spacial score (nSPS) is 11.4. The number of nitrogens with one attached hydrogen (secondary N) is 1. The maximum absolute atomic E-state index is 12.4. The molecule has 0 radical (unpaired) electrons. The van der Waals surface area contributed by atoms with Gasteiger partial charge in [-0.15, -0.1) is 0 Å². The van der Waals surface area contributed by atoms with Crippen LogP contribution in [0, 0.1) is 6.92 Å². The van der Waals surface area contributed by atoms with E-state index in [4.69, 9.17) is 14.2 Å². The highest BCUT2D eigenvalue weighted by Gasteiger charge is 2.20. The molecule has 0 aliphatic carbocycles. The lowest BCUT2D eigenvalue weighted by Crippen LogP contribution is -2.30. The van der Waals surface area contributed by atoms with Gasteiger partial charge in [-0.05, 0) is 37.1 Å². The minimum atomic E-state index is -0.942. The van der Waals surface area contributed by atoms with Gasteiger partial charge in [-0.1, -0.05) is 24.3 Å². The molecule has 0 spiro atoms. The highest BCUT2D eigenvalue weighted by Crippen LogP contribution is 2.29. The van der Waals surface area contributed by atoms with Gasteiger partial charge in [-0.2, -0.15) is 0 Å². The van der Waals surface area contributed by atoms with E-state index in [9.17, 15) is 9.59 Å². The summed E-state index contributed by atoms with van der Waals surface area (Å²) in [5.41, 5.74) is 2.32. The molecule has 1 unspecified atom stereocenters. The number of esters is 1. The van der Waals surface area contributed by atoms with Crippen molar-refractivity contribution >= 4 is 17.6 Å². The van der Waals surface area contributed by atoms with Gasteiger partial charge in [-0.25, -0.2) is 0 Å². The molecule has 0 saturated heterocycles. The summed E-state index contributed by atoms with van der Waals surface area (Å²) in [6.45, 7) is 3.45. The number of rotatable bonds is 7. The Hall–Kier alpha value is -3.02. The van der Waals surface area contributed by atoms with E-state index in [2.05, 4.69) is 5.32 Å². The zero-order valence-corrected chi connectivity index (χ0v) is 15.4. The molecule has 6 heteroatoms. The minimum Gasteiger partial charge on any atom is -0.497 e. The number of hydrogen-bond donors (Lipinski definition) is 1. The fourth-order valence-electron chi connectivity index (χ4n) is 2.40. The summed E-state index contributed by atoms with van der Waals surface area (Å²) in [5.74, 6) is 0.150. The summed E-state index contributed by atoms with van der Waals surface area (Å²) >= 11 is 0. The van der Waals surface area contributed by atoms with Crippen molar-refractivity contribution in [1.82, 2.24) is 0 Å². The van der Waals surface area contributed by atoms with Crippen LogP contribution in [-0.2, 0) is 20.7 Å². The standard InChI is InChI=1S/C20H23NO5/c1-13-7-5-6-8-15(13)11-19(22)26-14(2)20(23)21-17-12-16(24-3)9-10-18(17)25-4/h5-10,12,14H,11H2,1-4H3,(H,21,23). The lowest BCUT2D eigenvalue weighted by atomic mass is 10.1. The van der Waals surface area contributed by atoms with Crippen LogP contribution >= 0.6 is 0 Å². The van der Waals surface area contributed by atoms with Gasteiger partial charge >= 0.3 is 5.97 Å². The summed E-state index contributed by atoms with van der Waals surface area (Å²) in [5, 5.41) is 2.70. The van der Waals surface area contributed by atoms with Crippen molar-refractivity contribution in [2.24, 2.45) is 0 Å². The first kappa shape index (κ1) is 19.3. The molecular formula is C20H23NO5. The fourth-order valence-corrected chi connectivity index (χ4v) is 2.40. The van der Waals surface area contributed by atoms with Crippen LogP contribution in [0.1, 0.15) is 18.1 Å². The maximum Gasteiger partial charge on any atom is 0.311 e. The van der Waals surface area contributed by atoms with Gasteiger partial charge in [0.25, 0.3) is 5.91 Å². The number of anilines is 1. The SMILES string of the molecule is COc1ccc(OC)c(NC(=O)C(C)OC(=O)Cc2ccccc2C)c1. The lowest BCUT2D eigenvalue weighted by Gasteiger charge is -2.16. The van der Waals surface area contributed by atoms with Crippen molar-refractivity contribution < 1.29 is 23.8 Å². The van der Waals surface area contributed by atoms with Crippen molar-refractivity contribution in [2.75, 3.05) is 19.5 Å². The van der Waals surface area contributed by atoms with E-state index in [0.29, 0.717) is 17.2 Å². The molecule has 2 aromatic rings. The van der Waals surface area contributed by atoms with E-state index in [1.807, 2.05) is 31.2 Å². The summed E-state index contributed by atoms with van der Waals surface area (Å²) in [7, 11) is 3.03. The third kappa shape index (κ3) is 4.99. The highest BCUT2D eigenvalue weighted by atomic mass is 16.5. The molecule has 0 saturated carbocycles. The van der Waals surface area contributed by atoms with E-state index in [1.165, 1.54) is 21.1 Å². The van der Waals surface area contributed by atoms with Crippen molar-refractivity contribution in [3.63, 3.8) is 0 Å². The second kappa shape index (κ2) is 8.89. The van der Waals surface area contributed by atoms with Crippen molar-refractivity contribution in [1.29, 1.82) is 0 Å². The monoisotopic (exact) mass is 357 g/mol. The first-order chi connectivity index (χ1) is 12.4. The van der Waals surface area contributed by atoms with Crippen LogP contribution in [-0.4, -0.2) is 32.2 Å². The lowest BCUT2D eigenvalue weighted by molar-refractivity contribution is -0.152. The van der Waals surface area contributed by atoms with Crippen LogP contribution in [0.2, 0.25) is 0 Å². The van der Waals surface area contributed by atoms with Gasteiger partial charge in [0.1, 0.15) is 11.5 Å². The molecule has 1 atom stereocenters. The van der Waals surface area contributed by atoms with E-state index in [1.54, 1.807) is 18.2 Å². The van der Waals surface area contributed by atoms with Gasteiger partial charge in [-0.3, -0.25) is 9.59 Å². The van der Waals surface area contributed by atoms with Gasteiger partial charge in [0, 0.05) is 6.07 Å². The van der Waals surface area contributed by atoms with Crippen LogP contribution in [0.25, 0.3) is 0 Å². The number of aryl methyl sites for hydroxylation is 1.